The van der Waals surface area contributed by atoms with Crippen LogP contribution in [0.3, 0.4) is 0 Å². The maximum atomic E-state index is 13.7. The lowest BCUT2D eigenvalue weighted by Crippen LogP contribution is -2.20. The van der Waals surface area contributed by atoms with E-state index in [1.807, 2.05) is 6.92 Å². The SMILES string of the molecule is CCn1ccc2c(ccn2CC(=O)Nc2ccc(Cl)cc2F)c1=O. The van der Waals surface area contributed by atoms with Gasteiger partial charge in [-0.2, -0.15) is 0 Å². The van der Waals surface area contributed by atoms with E-state index in [-0.39, 0.29) is 22.8 Å². The first-order valence-electron chi connectivity index (χ1n) is 7.42. The molecule has 2 aromatic heterocycles. The normalized spacial score (nSPS) is 11.0. The van der Waals surface area contributed by atoms with E-state index in [0.29, 0.717) is 17.4 Å². The van der Waals surface area contributed by atoms with Gasteiger partial charge in [-0.15, -0.1) is 0 Å². The third-order valence-corrected chi connectivity index (χ3v) is 4.01. The molecule has 0 atom stereocenters. The summed E-state index contributed by atoms with van der Waals surface area (Å²) in [5.74, 6) is -0.993. The van der Waals surface area contributed by atoms with Crippen LogP contribution in [0.15, 0.2) is 47.5 Å². The molecule has 0 fully saturated rings. The number of carbonyl (C=O) groups is 1. The highest BCUT2D eigenvalue weighted by Gasteiger charge is 2.11. The molecule has 0 radical (unpaired) electrons. The van der Waals surface area contributed by atoms with E-state index in [9.17, 15) is 14.0 Å². The van der Waals surface area contributed by atoms with Gasteiger partial charge in [-0.1, -0.05) is 11.6 Å². The fourth-order valence-corrected chi connectivity index (χ4v) is 2.72. The molecule has 0 unspecified atom stereocenters. The van der Waals surface area contributed by atoms with Crippen molar-refractivity contribution in [1.82, 2.24) is 9.13 Å². The number of nitrogens with zero attached hydrogens (tertiary/aromatic N) is 2. The predicted molar refractivity (Wildman–Crippen MR) is 91.9 cm³/mol. The van der Waals surface area contributed by atoms with Crippen molar-refractivity contribution in [2.45, 2.75) is 20.0 Å². The van der Waals surface area contributed by atoms with Crippen LogP contribution in [0.4, 0.5) is 10.1 Å². The average molecular weight is 348 g/mol. The number of anilines is 1. The van der Waals surface area contributed by atoms with E-state index in [1.165, 1.54) is 12.1 Å². The van der Waals surface area contributed by atoms with Gasteiger partial charge < -0.3 is 14.5 Å². The molecule has 0 spiro atoms. The number of hydrogen-bond acceptors (Lipinski definition) is 2. The first kappa shape index (κ1) is 16.3. The Kier molecular flexibility index (Phi) is 4.40. The Morgan fingerprint density at radius 3 is 2.67 bits per heavy atom. The molecule has 3 aromatic rings. The number of carbonyl (C=O) groups excluding carboxylic acids is 1. The number of halogens is 2. The van der Waals surface area contributed by atoms with Crippen molar-refractivity contribution in [2.75, 3.05) is 5.32 Å². The second-order valence-corrected chi connectivity index (χ2v) is 5.76. The Morgan fingerprint density at radius 2 is 1.96 bits per heavy atom. The number of benzene rings is 1. The van der Waals surface area contributed by atoms with Gasteiger partial charge in [0.25, 0.3) is 5.56 Å². The van der Waals surface area contributed by atoms with Gasteiger partial charge in [0, 0.05) is 24.0 Å². The van der Waals surface area contributed by atoms with Crippen LogP contribution in [-0.4, -0.2) is 15.0 Å². The minimum atomic E-state index is -0.598. The molecule has 5 nitrogen and oxygen atoms in total. The van der Waals surface area contributed by atoms with Gasteiger partial charge in [0.05, 0.1) is 16.6 Å². The van der Waals surface area contributed by atoms with Crippen molar-refractivity contribution in [1.29, 1.82) is 0 Å². The van der Waals surface area contributed by atoms with Crippen molar-refractivity contribution in [3.63, 3.8) is 0 Å². The third kappa shape index (κ3) is 3.05. The zero-order valence-corrected chi connectivity index (χ0v) is 13.7. The Labute approximate surface area is 142 Å². The number of hydrogen-bond donors (Lipinski definition) is 1. The quantitative estimate of drug-likeness (QED) is 0.787. The third-order valence-electron chi connectivity index (χ3n) is 3.77. The molecular weight excluding hydrogens is 333 g/mol. The Bertz CT molecular complexity index is 978. The van der Waals surface area contributed by atoms with Gasteiger partial charge in [-0.25, -0.2) is 4.39 Å². The minimum Gasteiger partial charge on any atom is -0.338 e. The highest BCUT2D eigenvalue weighted by atomic mass is 35.5. The van der Waals surface area contributed by atoms with Gasteiger partial charge in [-0.05, 0) is 37.3 Å². The lowest BCUT2D eigenvalue weighted by molar-refractivity contribution is -0.116. The largest absolute Gasteiger partial charge is 0.338 e. The Balaban J connectivity index is 1.83. The summed E-state index contributed by atoms with van der Waals surface area (Å²) >= 11 is 5.69. The standard InChI is InChI=1S/C17H15ClFN3O2/c1-2-21-8-6-15-12(17(21)24)5-7-22(15)10-16(23)20-14-4-3-11(18)9-13(14)19/h3-9H,2,10H2,1H3,(H,20,23). The second kappa shape index (κ2) is 6.49. The van der Waals surface area contributed by atoms with Crippen LogP contribution >= 0.6 is 11.6 Å². The predicted octanol–water partition coefficient (Wildman–Crippen LogP) is 3.25. The molecular formula is C17H15ClFN3O2. The van der Waals surface area contributed by atoms with Gasteiger partial charge in [0.2, 0.25) is 5.91 Å². The average Bonchev–Trinajstić information content (AvgIpc) is 2.94. The summed E-state index contributed by atoms with van der Waals surface area (Å²) in [5, 5.41) is 3.31. The highest BCUT2D eigenvalue weighted by molar-refractivity contribution is 6.30. The van der Waals surface area contributed by atoms with E-state index in [4.69, 9.17) is 11.6 Å². The van der Waals surface area contributed by atoms with Crippen LogP contribution in [-0.2, 0) is 17.9 Å². The molecule has 24 heavy (non-hydrogen) atoms. The van der Waals surface area contributed by atoms with Crippen molar-refractivity contribution < 1.29 is 9.18 Å². The first-order valence-corrected chi connectivity index (χ1v) is 7.80. The molecule has 1 aromatic carbocycles. The van der Waals surface area contributed by atoms with E-state index in [0.717, 1.165) is 6.07 Å². The molecule has 0 bridgehead atoms. The van der Waals surface area contributed by atoms with Crippen LogP contribution in [0.25, 0.3) is 10.9 Å². The van der Waals surface area contributed by atoms with Gasteiger partial charge >= 0.3 is 0 Å². The number of fused-ring (bicyclic) bond motifs is 1. The molecule has 0 saturated carbocycles. The van der Waals surface area contributed by atoms with Crippen molar-refractivity contribution >= 4 is 34.1 Å². The van der Waals surface area contributed by atoms with Gasteiger partial charge in [0.15, 0.2) is 0 Å². The van der Waals surface area contributed by atoms with E-state index >= 15 is 0 Å². The zero-order chi connectivity index (χ0) is 17.3. The smallest absolute Gasteiger partial charge is 0.259 e. The maximum Gasteiger partial charge on any atom is 0.259 e. The molecule has 3 rings (SSSR count). The topological polar surface area (TPSA) is 56.0 Å². The number of amides is 1. The molecule has 1 N–H and O–H groups in total. The lowest BCUT2D eigenvalue weighted by Gasteiger charge is -2.09. The molecule has 0 saturated heterocycles. The lowest BCUT2D eigenvalue weighted by atomic mass is 10.3. The van der Waals surface area contributed by atoms with E-state index < -0.39 is 11.7 Å². The van der Waals surface area contributed by atoms with Crippen LogP contribution in [0.5, 0.6) is 0 Å². The summed E-state index contributed by atoms with van der Waals surface area (Å²) < 4.78 is 17.0. The highest BCUT2D eigenvalue weighted by Crippen LogP contribution is 2.19. The Morgan fingerprint density at radius 1 is 1.21 bits per heavy atom. The number of pyridine rings is 1. The molecule has 2 heterocycles. The molecule has 1 amide bonds. The number of rotatable bonds is 4. The summed E-state index contributed by atoms with van der Waals surface area (Å²) in [5.41, 5.74) is 0.628. The summed E-state index contributed by atoms with van der Waals surface area (Å²) in [6.07, 6.45) is 3.36. The van der Waals surface area contributed by atoms with Crippen molar-refractivity contribution in [2.24, 2.45) is 0 Å². The van der Waals surface area contributed by atoms with Crippen LogP contribution in [0.2, 0.25) is 5.02 Å². The van der Waals surface area contributed by atoms with E-state index in [2.05, 4.69) is 5.32 Å². The van der Waals surface area contributed by atoms with E-state index in [1.54, 1.807) is 33.7 Å². The molecule has 7 heteroatoms. The summed E-state index contributed by atoms with van der Waals surface area (Å²) in [7, 11) is 0. The first-order chi connectivity index (χ1) is 11.5. The van der Waals surface area contributed by atoms with Crippen molar-refractivity contribution in [3.8, 4) is 0 Å². The number of nitrogens with one attached hydrogen (secondary N) is 1. The molecule has 0 aliphatic heterocycles. The van der Waals surface area contributed by atoms with Gasteiger partial charge in [-0.3, -0.25) is 9.59 Å². The van der Waals surface area contributed by atoms with Crippen LogP contribution in [0.1, 0.15) is 6.92 Å². The molecule has 0 aliphatic carbocycles. The fourth-order valence-electron chi connectivity index (χ4n) is 2.56. The summed E-state index contributed by atoms with van der Waals surface area (Å²) in [6, 6.07) is 7.51. The molecule has 0 aliphatic rings. The van der Waals surface area contributed by atoms with Crippen LogP contribution < -0.4 is 10.9 Å². The summed E-state index contributed by atoms with van der Waals surface area (Å²) in [6.45, 7) is 2.44. The number of aryl methyl sites for hydroxylation is 1. The number of aromatic nitrogens is 2. The minimum absolute atomic E-state index is 0.0266. The maximum absolute atomic E-state index is 13.7. The second-order valence-electron chi connectivity index (χ2n) is 5.32. The molecule has 124 valence electrons. The summed E-state index contributed by atoms with van der Waals surface area (Å²) in [4.78, 5) is 24.4. The Hall–Kier alpha value is -2.60. The van der Waals surface area contributed by atoms with Gasteiger partial charge in [0.1, 0.15) is 12.4 Å². The monoisotopic (exact) mass is 347 g/mol. The van der Waals surface area contributed by atoms with Crippen LogP contribution in [0, 0.1) is 5.82 Å². The van der Waals surface area contributed by atoms with Crippen molar-refractivity contribution in [3.05, 3.63) is 63.9 Å². The fraction of sp³-hybridized carbons (Fsp3) is 0.176. The zero-order valence-electron chi connectivity index (χ0n) is 12.9.